The largest absolute Gasteiger partial charge is 0.357 e. The molecule has 178 valence electrons. The molecule has 34 heavy (non-hydrogen) atoms. The van der Waals surface area contributed by atoms with E-state index in [-0.39, 0.29) is 10.7 Å². The topological polar surface area (TPSA) is 153 Å². The van der Waals surface area contributed by atoms with Gasteiger partial charge < -0.3 is 9.80 Å². The van der Waals surface area contributed by atoms with E-state index in [1.54, 1.807) is 30.3 Å². The van der Waals surface area contributed by atoms with Crippen LogP contribution in [-0.4, -0.2) is 84.7 Å². The Morgan fingerprint density at radius 2 is 1.97 bits per heavy atom. The number of hydrogen-bond donors (Lipinski definition) is 0. The smallest absolute Gasteiger partial charge is 0.289 e. The first-order chi connectivity index (χ1) is 16.0. The van der Waals surface area contributed by atoms with E-state index < -0.39 is 20.6 Å². The molecule has 13 nitrogen and oxygen atoms in total. The van der Waals surface area contributed by atoms with Crippen molar-refractivity contribution in [3.05, 3.63) is 58.0 Å². The lowest BCUT2D eigenvalue weighted by Crippen LogP contribution is -2.31. The van der Waals surface area contributed by atoms with Crippen molar-refractivity contribution < 1.29 is 13.3 Å². The summed E-state index contributed by atoms with van der Waals surface area (Å²) < 4.78 is 28.9. The van der Waals surface area contributed by atoms with Crippen molar-refractivity contribution in [1.82, 2.24) is 23.9 Å². The second kappa shape index (κ2) is 9.81. The molecule has 3 heterocycles. The second-order valence-electron chi connectivity index (χ2n) is 7.64. The van der Waals surface area contributed by atoms with Crippen molar-refractivity contribution in [3.63, 3.8) is 0 Å². The molecule has 0 aromatic carbocycles. The number of aromatic nitrogens is 3. The number of likely N-dealkylation sites (N-methyl/N-ethyl adjacent to an activating group) is 2. The number of nitro groups is 1. The predicted molar refractivity (Wildman–Crippen MR) is 125 cm³/mol. The number of nitriles is 1. The molecule has 0 N–H and O–H groups in total. The molecule has 0 saturated carbocycles. The summed E-state index contributed by atoms with van der Waals surface area (Å²) >= 11 is 0. The third-order valence-electron chi connectivity index (χ3n) is 4.94. The molecule has 0 aliphatic carbocycles. The molecule has 0 saturated heterocycles. The lowest BCUT2D eigenvalue weighted by atomic mass is 10.2. The quantitative estimate of drug-likeness (QED) is 0.247. The molecule has 3 aromatic heterocycles. The van der Waals surface area contributed by atoms with E-state index in [4.69, 9.17) is 5.26 Å². The van der Waals surface area contributed by atoms with Gasteiger partial charge in [0, 0.05) is 45.0 Å². The van der Waals surface area contributed by atoms with Gasteiger partial charge in [-0.2, -0.15) is 28.3 Å². The molecular weight excluding hydrogens is 462 g/mol. The summed E-state index contributed by atoms with van der Waals surface area (Å²) in [7, 11) is 2.33. The highest BCUT2D eigenvalue weighted by atomic mass is 32.2. The zero-order chi connectivity index (χ0) is 25.0. The standard InChI is InChI=1S/C20H23N9O4S/c1-25(2)7-8-26(3)20-19(10-17(14-22-20)29(30)31)34(32,33)27(4)23-12-16-13-24-28-6-5-15(11-21)9-18(16)28/h5-6,9-10,12-14H,7-8H2,1-4H3. The third kappa shape index (κ3) is 5.11. The van der Waals surface area contributed by atoms with Crippen LogP contribution in [0.2, 0.25) is 0 Å². The highest BCUT2D eigenvalue weighted by molar-refractivity contribution is 7.89. The molecule has 0 bridgehead atoms. The van der Waals surface area contributed by atoms with Crippen LogP contribution >= 0.6 is 0 Å². The van der Waals surface area contributed by atoms with Crippen LogP contribution in [0.25, 0.3) is 5.52 Å². The lowest BCUT2D eigenvalue weighted by molar-refractivity contribution is -0.385. The second-order valence-corrected chi connectivity index (χ2v) is 9.56. The van der Waals surface area contributed by atoms with E-state index in [2.05, 4.69) is 15.2 Å². The molecule has 14 heteroatoms. The SMILES string of the molecule is CN(C)CCN(C)c1ncc([N+](=O)[O-])cc1S(=O)(=O)N(C)N=Cc1cnn2ccc(C#N)cc12. The van der Waals surface area contributed by atoms with Gasteiger partial charge in [-0.05, 0) is 26.2 Å². The Bertz CT molecular complexity index is 1390. The average Bonchev–Trinajstić information content (AvgIpc) is 3.22. The molecule has 0 amide bonds. The Morgan fingerprint density at radius 3 is 2.62 bits per heavy atom. The molecule has 0 fully saturated rings. The van der Waals surface area contributed by atoms with Gasteiger partial charge in [0.25, 0.3) is 15.7 Å². The maximum absolute atomic E-state index is 13.3. The molecule has 0 radical (unpaired) electrons. The zero-order valence-corrected chi connectivity index (χ0v) is 19.8. The third-order valence-corrected chi connectivity index (χ3v) is 6.59. The fourth-order valence-corrected chi connectivity index (χ4v) is 4.14. The van der Waals surface area contributed by atoms with Crippen LogP contribution in [0, 0.1) is 21.4 Å². The van der Waals surface area contributed by atoms with Crippen molar-refractivity contribution in [2.45, 2.75) is 4.90 Å². The lowest BCUT2D eigenvalue weighted by Gasteiger charge is -2.23. The first-order valence-electron chi connectivity index (χ1n) is 9.95. The van der Waals surface area contributed by atoms with Gasteiger partial charge in [0.05, 0.1) is 34.5 Å². The van der Waals surface area contributed by atoms with E-state index in [1.807, 2.05) is 25.1 Å². The van der Waals surface area contributed by atoms with Gasteiger partial charge >= 0.3 is 0 Å². The molecule has 0 aliphatic rings. The highest BCUT2D eigenvalue weighted by Gasteiger charge is 2.29. The van der Waals surface area contributed by atoms with Crippen molar-refractivity contribution in [2.24, 2.45) is 5.10 Å². The number of sulfonamides is 1. The molecule has 3 aromatic rings. The number of rotatable bonds is 9. The minimum atomic E-state index is -4.29. The molecule has 0 spiro atoms. The number of fused-ring (bicyclic) bond motifs is 1. The summed E-state index contributed by atoms with van der Waals surface area (Å²) in [6.45, 7) is 1.05. The number of hydrazone groups is 1. The predicted octanol–water partition coefficient (Wildman–Crippen LogP) is 1.16. The summed E-state index contributed by atoms with van der Waals surface area (Å²) in [6.07, 6.45) is 5.41. The molecule has 3 rings (SSSR count). The van der Waals surface area contributed by atoms with Gasteiger partial charge in [-0.15, -0.1) is 0 Å². The van der Waals surface area contributed by atoms with Crippen LogP contribution in [0.4, 0.5) is 11.5 Å². The van der Waals surface area contributed by atoms with Gasteiger partial charge in [0.1, 0.15) is 16.9 Å². The number of nitrogens with zero attached hydrogens (tertiary/aromatic N) is 9. The van der Waals surface area contributed by atoms with Gasteiger partial charge in [-0.1, -0.05) is 0 Å². The van der Waals surface area contributed by atoms with E-state index in [9.17, 15) is 18.5 Å². The summed E-state index contributed by atoms with van der Waals surface area (Å²) in [5.41, 5.74) is 1.01. The summed E-state index contributed by atoms with van der Waals surface area (Å²) in [6, 6.07) is 6.21. The zero-order valence-electron chi connectivity index (χ0n) is 19.0. The van der Waals surface area contributed by atoms with Gasteiger partial charge in [0.2, 0.25) is 0 Å². The van der Waals surface area contributed by atoms with E-state index in [1.165, 1.54) is 24.0 Å². The maximum Gasteiger partial charge on any atom is 0.289 e. The van der Waals surface area contributed by atoms with E-state index in [0.29, 0.717) is 34.1 Å². The highest BCUT2D eigenvalue weighted by Crippen LogP contribution is 2.28. The van der Waals surface area contributed by atoms with Crippen LogP contribution in [0.1, 0.15) is 11.1 Å². The van der Waals surface area contributed by atoms with Crippen molar-refractivity contribution in [2.75, 3.05) is 46.2 Å². The normalized spacial score (nSPS) is 11.8. The van der Waals surface area contributed by atoms with Crippen LogP contribution in [0.3, 0.4) is 0 Å². The van der Waals surface area contributed by atoms with Crippen LogP contribution in [0.5, 0.6) is 0 Å². The molecule has 0 aliphatic heterocycles. The molecular formula is C20H23N9O4S. The monoisotopic (exact) mass is 485 g/mol. The Kier molecular flexibility index (Phi) is 7.08. The fourth-order valence-electron chi connectivity index (χ4n) is 2.98. The van der Waals surface area contributed by atoms with Crippen molar-refractivity contribution in [1.29, 1.82) is 5.26 Å². The number of anilines is 1. The minimum Gasteiger partial charge on any atom is -0.357 e. The molecule has 0 atom stereocenters. The minimum absolute atomic E-state index is 0.0733. The average molecular weight is 486 g/mol. The van der Waals surface area contributed by atoms with Gasteiger partial charge in [-0.3, -0.25) is 10.1 Å². The molecule has 0 unspecified atom stereocenters. The van der Waals surface area contributed by atoms with E-state index >= 15 is 0 Å². The summed E-state index contributed by atoms with van der Waals surface area (Å²) in [4.78, 5) is 17.8. The summed E-state index contributed by atoms with van der Waals surface area (Å²) in [5, 5.41) is 28.6. The van der Waals surface area contributed by atoms with Crippen molar-refractivity contribution >= 4 is 33.3 Å². The summed E-state index contributed by atoms with van der Waals surface area (Å²) in [5.74, 6) is 0.0733. The maximum atomic E-state index is 13.3. The van der Waals surface area contributed by atoms with Gasteiger partial charge in [-0.25, -0.2) is 9.50 Å². The number of hydrogen-bond acceptors (Lipinski definition) is 10. The fraction of sp³-hybridized carbons (Fsp3) is 0.300. The Morgan fingerprint density at radius 1 is 1.24 bits per heavy atom. The van der Waals surface area contributed by atoms with Crippen molar-refractivity contribution in [3.8, 4) is 6.07 Å². The first kappa shape index (κ1) is 24.6. The first-order valence-corrected chi connectivity index (χ1v) is 11.4. The van der Waals surface area contributed by atoms with Crippen LogP contribution < -0.4 is 4.90 Å². The van der Waals surface area contributed by atoms with Crippen LogP contribution in [0.15, 0.2) is 46.8 Å². The van der Waals surface area contributed by atoms with E-state index in [0.717, 1.165) is 12.3 Å². The Labute approximate surface area is 196 Å². The van der Waals surface area contributed by atoms with Crippen LogP contribution in [-0.2, 0) is 10.0 Å². The van der Waals surface area contributed by atoms with Gasteiger partial charge in [0.15, 0.2) is 0 Å². The number of pyridine rings is 2. The Balaban J connectivity index is 1.99. The Hall–Kier alpha value is -4.09.